The van der Waals surface area contributed by atoms with Gasteiger partial charge < -0.3 is 5.11 Å². The molecule has 2 heterocycles. The number of tetrazole rings is 1. The number of carboxylic acid groups (broad SMARTS) is 1. The lowest BCUT2D eigenvalue weighted by Gasteiger charge is -2.09. The van der Waals surface area contributed by atoms with Gasteiger partial charge in [-0.2, -0.15) is 0 Å². The van der Waals surface area contributed by atoms with Crippen LogP contribution < -0.4 is 0 Å². The molecule has 0 spiro atoms. The monoisotopic (exact) mass is 300 g/mol. The van der Waals surface area contributed by atoms with Gasteiger partial charge in [0.2, 0.25) is 0 Å². The maximum absolute atomic E-state index is 11.3. The lowest BCUT2D eigenvalue weighted by molar-refractivity contribution is -0.144. The number of carbonyl (C=O) groups is 1. The second-order valence-corrected chi connectivity index (χ2v) is 6.48. The van der Waals surface area contributed by atoms with Crippen LogP contribution in [0.4, 0.5) is 0 Å². The summed E-state index contributed by atoms with van der Waals surface area (Å²) in [7, 11) is 0. The summed E-state index contributed by atoms with van der Waals surface area (Å²) in [6, 6.07) is 10.1. The molecule has 7 heteroatoms. The van der Waals surface area contributed by atoms with E-state index in [4.69, 9.17) is 0 Å². The fourth-order valence-electron chi connectivity index (χ4n) is 2.46. The van der Waals surface area contributed by atoms with Crippen molar-refractivity contribution in [3.8, 4) is 10.7 Å². The van der Waals surface area contributed by atoms with Crippen LogP contribution in [0.5, 0.6) is 0 Å². The van der Waals surface area contributed by atoms with Gasteiger partial charge >= 0.3 is 5.97 Å². The number of carboxylic acids is 1. The van der Waals surface area contributed by atoms with Crippen molar-refractivity contribution in [1.29, 1.82) is 0 Å². The van der Waals surface area contributed by atoms with E-state index in [2.05, 4.69) is 21.6 Å². The Labute approximate surface area is 124 Å². The van der Waals surface area contributed by atoms with Gasteiger partial charge in [0.25, 0.3) is 0 Å². The fraction of sp³-hybridized carbons (Fsp3) is 0.286. The van der Waals surface area contributed by atoms with Crippen LogP contribution >= 0.6 is 11.3 Å². The number of aliphatic carboxylic acids is 1. The van der Waals surface area contributed by atoms with Crippen LogP contribution in [0.3, 0.4) is 0 Å². The van der Waals surface area contributed by atoms with Crippen LogP contribution in [0.2, 0.25) is 0 Å². The summed E-state index contributed by atoms with van der Waals surface area (Å²) >= 11 is 1.61. The van der Waals surface area contributed by atoms with E-state index in [9.17, 15) is 9.90 Å². The SMILES string of the molecule is O=C(O)C1(Cn2nnnc2-c2cc3ccccc3s2)CC1. The van der Waals surface area contributed by atoms with Crippen molar-refractivity contribution in [2.24, 2.45) is 5.41 Å². The summed E-state index contributed by atoms with van der Waals surface area (Å²) in [5.41, 5.74) is -0.680. The molecule has 1 aliphatic carbocycles. The van der Waals surface area contributed by atoms with Gasteiger partial charge in [0.15, 0.2) is 5.82 Å². The van der Waals surface area contributed by atoms with Crippen LogP contribution in [-0.4, -0.2) is 31.3 Å². The van der Waals surface area contributed by atoms with E-state index in [1.165, 1.54) is 4.70 Å². The summed E-state index contributed by atoms with van der Waals surface area (Å²) in [5, 5.41) is 22.2. The zero-order valence-corrected chi connectivity index (χ0v) is 11.9. The molecule has 0 unspecified atom stereocenters. The Morgan fingerprint density at radius 2 is 2.19 bits per heavy atom. The smallest absolute Gasteiger partial charge is 0.311 e. The third-order valence-corrected chi connectivity index (χ3v) is 5.05. The number of aromatic nitrogens is 4. The zero-order chi connectivity index (χ0) is 14.4. The Morgan fingerprint density at radius 1 is 1.38 bits per heavy atom. The molecule has 0 amide bonds. The highest BCUT2D eigenvalue weighted by Gasteiger charge is 2.51. The first-order valence-corrected chi connectivity index (χ1v) is 7.48. The maximum Gasteiger partial charge on any atom is 0.311 e. The summed E-state index contributed by atoms with van der Waals surface area (Å²) < 4.78 is 2.78. The van der Waals surface area contributed by atoms with E-state index in [1.54, 1.807) is 16.0 Å². The predicted molar refractivity (Wildman–Crippen MR) is 77.9 cm³/mol. The number of fused-ring (bicyclic) bond motifs is 1. The third-order valence-electron chi connectivity index (χ3n) is 3.94. The Bertz CT molecular complexity index is 801. The lowest BCUT2D eigenvalue weighted by Crippen LogP contribution is -2.22. The predicted octanol–water partition coefficient (Wildman–Crippen LogP) is 2.42. The minimum atomic E-state index is -0.764. The van der Waals surface area contributed by atoms with Gasteiger partial charge in [-0.15, -0.1) is 16.4 Å². The molecule has 21 heavy (non-hydrogen) atoms. The van der Waals surface area contributed by atoms with Crippen molar-refractivity contribution < 1.29 is 9.90 Å². The second-order valence-electron chi connectivity index (χ2n) is 5.39. The van der Waals surface area contributed by atoms with Gasteiger partial charge in [0, 0.05) is 4.70 Å². The number of hydrogen-bond acceptors (Lipinski definition) is 5. The fourth-order valence-corrected chi connectivity index (χ4v) is 3.51. The molecule has 1 saturated carbocycles. The summed E-state index contributed by atoms with van der Waals surface area (Å²) in [6.45, 7) is 0.332. The number of thiophene rings is 1. The zero-order valence-electron chi connectivity index (χ0n) is 11.1. The molecule has 0 atom stereocenters. The highest BCUT2D eigenvalue weighted by atomic mass is 32.1. The minimum absolute atomic E-state index is 0.332. The summed E-state index contributed by atoms with van der Waals surface area (Å²) in [5.74, 6) is -0.121. The van der Waals surface area contributed by atoms with Gasteiger partial charge in [0.05, 0.1) is 16.8 Å². The van der Waals surface area contributed by atoms with E-state index in [0.29, 0.717) is 25.2 Å². The van der Waals surface area contributed by atoms with E-state index in [-0.39, 0.29) is 0 Å². The average molecular weight is 300 g/mol. The molecule has 2 aromatic heterocycles. The lowest BCUT2D eigenvalue weighted by atomic mass is 10.1. The van der Waals surface area contributed by atoms with Crippen molar-refractivity contribution in [3.63, 3.8) is 0 Å². The molecule has 3 aromatic rings. The van der Waals surface area contributed by atoms with Gasteiger partial charge in [-0.3, -0.25) is 4.79 Å². The molecule has 0 radical (unpaired) electrons. The van der Waals surface area contributed by atoms with Crippen molar-refractivity contribution >= 4 is 27.4 Å². The molecule has 1 aliphatic rings. The first-order valence-electron chi connectivity index (χ1n) is 6.66. The van der Waals surface area contributed by atoms with Crippen molar-refractivity contribution in [3.05, 3.63) is 30.3 Å². The van der Waals surface area contributed by atoms with Gasteiger partial charge in [-0.05, 0) is 40.8 Å². The maximum atomic E-state index is 11.3. The Hall–Kier alpha value is -2.28. The van der Waals surface area contributed by atoms with E-state index < -0.39 is 11.4 Å². The molecule has 4 rings (SSSR count). The van der Waals surface area contributed by atoms with Crippen LogP contribution in [0.25, 0.3) is 20.8 Å². The minimum Gasteiger partial charge on any atom is -0.481 e. The molecule has 1 fully saturated rings. The van der Waals surface area contributed by atoms with E-state index in [0.717, 1.165) is 10.3 Å². The van der Waals surface area contributed by atoms with Crippen LogP contribution in [0.15, 0.2) is 30.3 Å². The van der Waals surface area contributed by atoms with Crippen LogP contribution in [-0.2, 0) is 11.3 Å². The van der Waals surface area contributed by atoms with Gasteiger partial charge in [0.1, 0.15) is 0 Å². The standard InChI is InChI=1S/C14H12N4O2S/c19-13(20)14(5-6-14)8-18-12(15-16-17-18)11-7-9-3-1-2-4-10(9)21-11/h1-4,7H,5-6,8H2,(H,19,20). The van der Waals surface area contributed by atoms with E-state index in [1.807, 2.05) is 24.3 Å². The topological polar surface area (TPSA) is 80.9 Å². The third kappa shape index (κ3) is 2.01. The molecule has 0 aliphatic heterocycles. The molecule has 1 aromatic carbocycles. The molecule has 0 bridgehead atoms. The Morgan fingerprint density at radius 3 is 2.90 bits per heavy atom. The first-order chi connectivity index (χ1) is 10.2. The summed E-state index contributed by atoms with van der Waals surface area (Å²) in [6.07, 6.45) is 1.38. The van der Waals surface area contributed by atoms with Gasteiger partial charge in [-0.1, -0.05) is 18.2 Å². The largest absolute Gasteiger partial charge is 0.481 e. The van der Waals surface area contributed by atoms with Crippen molar-refractivity contribution in [1.82, 2.24) is 20.2 Å². The molecule has 0 saturated heterocycles. The highest BCUT2D eigenvalue weighted by molar-refractivity contribution is 7.22. The molecular weight excluding hydrogens is 288 g/mol. The quantitative estimate of drug-likeness (QED) is 0.800. The van der Waals surface area contributed by atoms with E-state index >= 15 is 0 Å². The number of hydrogen-bond donors (Lipinski definition) is 1. The first kappa shape index (κ1) is 12.5. The van der Waals surface area contributed by atoms with Crippen LogP contribution in [0.1, 0.15) is 12.8 Å². The highest BCUT2D eigenvalue weighted by Crippen LogP contribution is 2.47. The second kappa shape index (κ2) is 4.36. The summed E-state index contributed by atoms with van der Waals surface area (Å²) in [4.78, 5) is 12.3. The van der Waals surface area contributed by atoms with Crippen molar-refractivity contribution in [2.45, 2.75) is 19.4 Å². The molecule has 106 valence electrons. The molecule has 6 nitrogen and oxygen atoms in total. The molecule has 1 N–H and O–H groups in total. The number of nitrogens with zero attached hydrogens (tertiary/aromatic N) is 4. The molecular formula is C14H12N4O2S. The van der Waals surface area contributed by atoms with Crippen molar-refractivity contribution in [2.75, 3.05) is 0 Å². The number of rotatable bonds is 4. The Balaban J connectivity index is 1.73. The number of benzene rings is 1. The van der Waals surface area contributed by atoms with Gasteiger partial charge in [-0.25, -0.2) is 4.68 Å². The Kier molecular flexibility index (Phi) is 2.58. The average Bonchev–Trinajstić information content (AvgIpc) is 2.94. The normalized spacial score (nSPS) is 16.2. The van der Waals surface area contributed by atoms with Crippen LogP contribution in [0, 0.1) is 5.41 Å².